The third kappa shape index (κ3) is 6.66. The van der Waals surface area contributed by atoms with Crippen molar-refractivity contribution in [1.82, 2.24) is 39.4 Å². The Kier molecular flexibility index (Phi) is 7.53. The summed E-state index contributed by atoms with van der Waals surface area (Å²) in [5, 5.41) is 17.8. The summed E-state index contributed by atoms with van der Waals surface area (Å²) in [4.78, 5) is 15.0. The minimum absolute atomic E-state index is 0.0135. The van der Waals surface area contributed by atoms with Crippen LogP contribution in [0.1, 0.15) is 51.3 Å². The number of sulfonamides is 2. The van der Waals surface area contributed by atoms with E-state index < -0.39 is 25.7 Å². The standard InChI is InChI=1S/C14H15N5O4S.C13H17N5O3S/c1-8-16-17-13(23-8)19-11-7-9(3-4-10(11)15-12(19)20)24(21,22)18-14(2)5-6-14;1-8-16-17-12(21-8)15-11-7-9(3-4-10(11)14)22(19,20)18-13(2)5-6-13/h3-4,7,18H,5-6H2,1-2H3,(H,15,20);3-4,7,18H,5-6,14H2,1-2H3,(H,15,17). The van der Waals surface area contributed by atoms with Gasteiger partial charge in [-0.3, -0.25) is 0 Å². The third-order valence-electron chi connectivity index (χ3n) is 7.54. The summed E-state index contributed by atoms with van der Waals surface area (Å²) >= 11 is 0. The van der Waals surface area contributed by atoms with Gasteiger partial charge < -0.3 is 24.9 Å². The summed E-state index contributed by atoms with van der Waals surface area (Å²) in [7, 11) is -7.27. The van der Waals surface area contributed by atoms with Crippen LogP contribution in [-0.4, -0.2) is 57.9 Å². The van der Waals surface area contributed by atoms with Crippen LogP contribution in [0.2, 0.25) is 0 Å². The molecule has 46 heavy (non-hydrogen) atoms. The van der Waals surface area contributed by atoms with Crippen molar-refractivity contribution < 1.29 is 25.7 Å². The van der Waals surface area contributed by atoms with E-state index in [1.807, 2.05) is 13.8 Å². The Morgan fingerprint density at radius 2 is 1.39 bits per heavy atom. The van der Waals surface area contributed by atoms with Gasteiger partial charge in [0.2, 0.25) is 31.8 Å². The van der Waals surface area contributed by atoms with Crippen molar-refractivity contribution in [3.63, 3.8) is 0 Å². The number of rotatable bonds is 9. The molecule has 2 aliphatic carbocycles. The molecule has 17 nitrogen and oxygen atoms in total. The van der Waals surface area contributed by atoms with Gasteiger partial charge in [0.15, 0.2) is 0 Å². The zero-order chi connectivity index (χ0) is 33.1. The lowest BCUT2D eigenvalue weighted by Crippen LogP contribution is -2.34. The molecule has 2 saturated carbocycles. The van der Waals surface area contributed by atoms with Crippen LogP contribution in [0.5, 0.6) is 0 Å². The topological polar surface area (TPSA) is 246 Å². The molecule has 0 unspecified atom stereocenters. The summed E-state index contributed by atoms with van der Waals surface area (Å²) < 4.78 is 66.8. The van der Waals surface area contributed by atoms with Crippen LogP contribution in [0.25, 0.3) is 17.0 Å². The maximum absolute atomic E-state index is 12.5. The van der Waals surface area contributed by atoms with Gasteiger partial charge in [0.25, 0.3) is 0 Å². The Bertz CT molecular complexity index is 2230. The smallest absolute Gasteiger partial charge is 0.334 e. The van der Waals surface area contributed by atoms with E-state index in [0.29, 0.717) is 34.2 Å². The molecule has 3 aromatic heterocycles. The van der Waals surface area contributed by atoms with E-state index in [4.69, 9.17) is 14.6 Å². The van der Waals surface area contributed by atoms with Crippen molar-refractivity contribution in [3.05, 3.63) is 58.7 Å². The van der Waals surface area contributed by atoms with Crippen LogP contribution in [0, 0.1) is 13.8 Å². The normalized spacial score (nSPS) is 16.5. The summed E-state index contributed by atoms with van der Waals surface area (Å²) in [5.41, 5.74) is 6.27. The molecule has 0 radical (unpaired) electrons. The highest BCUT2D eigenvalue weighted by Crippen LogP contribution is 2.37. The number of nitrogen functional groups attached to an aromatic ring is 1. The SMILES string of the molecule is Cc1nnc(-n2c(=O)[nH]c3ccc(S(=O)(=O)NC4(C)CC4)cc32)o1.Cc1nnc(Nc2cc(S(=O)(=O)NC3(C)CC3)ccc2N)o1. The van der Waals surface area contributed by atoms with E-state index in [-0.39, 0.29) is 32.9 Å². The highest BCUT2D eigenvalue weighted by Gasteiger charge is 2.42. The zero-order valence-electron chi connectivity index (χ0n) is 25.3. The van der Waals surface area contributed by atoms with Crippen molar-refractivity contribution in [1.29, 1.82) is 0 Å². The molecule has 19 heteroatoms. The number of aromatic amines is 1. The molecule has 244 valence electrons. The largest absolute Gasteiger partial charge is 0.408 e. The minimum Gasteiger partial charge on any atom is -0.408 e. The zero-order valence-corrected chi connectivity index (χ0v) is 26.9. The molecule has 6 N–H and O–H groups in total. The predicted octanol–water partition coefficient (Wildman–Crippen LogP) is 2.38. The van der Waals surface area contributed by atoms with Crippen molar-refractivity contribution in [3.8, 4) is 6.01 Å². The van der Waals surface area contributed by atoms with Crippen molar-refractivity contribution in [2.75, 3.05) is 11.1 Å². The lowest BCUT2D eigenvalue weighted by Gasteiger charge is -2.14. The van der Waals surface area contributed by atoms with E-state index in [1.54, 1.807) is 19.9 Å². The fraction of sp³-hybridized carbons (Fsp3) is 0.370. The lowest BCUT2D eigenvalue weighted by molar-refractivity contribution is 0.495. The number of nitrogens with two attached hydrogens (primary N) is 1. The first kappa shape index (κ1) is 31.4. The molecule has 5 aromatic rings. The van der Waals surface area contributed by atoms with Gasteiger partial charge in [0.05, 0.1) is 32.2 Å². The first-order chi connectivity index (χ1) is 21.5. The number of benzene rings is 2. The number of aryl methyl sites for hydroxylation is 2. The first-order valence-electron chi connectivity index (χ1n) is 14.1. The van der Waals surface area contributed by atoms with Gasteiger partial charge in [-0.1, -0.05) is 10.2 Å². The minimum atomic E-state index is -3.68. The van der Waals surface area contributed by atoms with E-state index >= 15 is 0 Å². The summed E-state index contributed by atoms with van der Waals surface area (Å²) in [5.74, 6) is 0.700. The Labute approximate surface area is 263 Å². The molecule has 0 spiro atoms. The van der Waals surface area contributed by atoms with Gasteiger partial charge in [-0.2, -0.15) is 0 Å². The van der Waals surface area contributed by atoms with Crippen LogP contribution in [0.4, 0.5) is 17.4 Å². The number of imidazole rings is 1. The Hall–Kier alpha value is -4.59. The predicted molar refractivity (Wildman–Crippen MR) is 166 cm³/mol. The molecule has 2 aliphatic rings. The van der Waals surface area contributed by atoms with Crippen molar-refractivity contribution >= 4 is 48.5 Å². The van der Waals surface area contributed by atoms with Gasteiger partial charge in [-0.15, -0.1) is 10.2 Å². The van der Waals surface area contributed by atoms with E-state index in [1.165, 1.54) is 30.3 Å². The second kappa shape index (κ2) is 11.0. The number of fused-ring (bicyclic) bond motifs is 1. The van der Waals surface area contributed by atoms with Crippen LogP contribution in [0.3, 0.4) is 0 Å². The Morgan fingerprint density at radius 3 is 1.93 bits per heavy atom. The van der Waals surface area contributed by atoms with Crippen molar-refractivity contribution in [2.45, 2.75) is 74.2 Å². The number of hydrogen-bond donors (Lipinski definition) is 5. The van der Waals surface area contributed by atoms with Crippen LogP contribution in [0.15, 0.2) is 59.8 Å². The molecule has 3 heterocycles. The quantitative estimate of drug-likeness (QED) is 0.141. The monoisotopic (exact) mass is 672 g/mol. The number of nitrogens with zero attached hydrogens (tertiary/aromatic N) is 5. The lowest BCUT2D eigenvalue weighted by atomic mass is 10.3. The summed E-state index contributed by atoms with van der Waals surface area (Å²) in [6, 6.07) is 8.99. The van der Waals surface area contributed by atoms with Gasteiger partial charge in [0.1, 0.15) is 0 Å². The van der Waals surface area contributed by atoms with Crippen LogP contribution >= 0.6 is 0 Å². The van der Waals surface area contributed by atoms with Gasteiger partial charge in [-0.25, -0.2) is 35.6 Å². The Balaban J connectivity index is 0.000000162. The molecule has 0 saturated heterocycles. The molecular weight excluding hydrogens is 640 g/mol. The molecule has 2 aromatic carbocycles. The van der Waals surface area contributed by atoms with E-state index in [9.17, 15) is 21.6 Å². The number of anilines is 3. The molecule has 2 fully saturated rings. The average Bonchev–Trinajstić information content (AvgIpc) is 3.67. The number of hydrogen-bond acceptors (Lipinski definition) is 13. The number of aromatic nitrogens is 6. The second-order valence-electron chi connectivity index (χ2n) is 11.9. The fourth-order valence-corrected chi connectivity index (χ4v) is 7.41. The average molecular weight is 673 g/mol. The number of H-pyrrole nitrogens is 1. The highest BCUT2D eigenvalue weighted by molar-refractivity contribution is 7.89. The molecule has 0 amide bonds. The molecular formula is C27H32N10O7S2. The van der Waals surface area contributed by atoms with Gasteiger partial charge in [0, 0.05) is 24.9 Å². The second-order valence-corrected chi connectivity index (χ2v) is 15.2. The third-order valence-corrected chi connectivity index (χ3v) is 10.8. The molecule has 0 atom stereocenters. The Morgan fingerprint density at radius 1 is 0.826 bits per heavy atom. The van der Waals surface area contributed by atoms with E-state index in [0.717, 1.165) is 30.3 Å². The molecule has 7 rings (SSSR count). The summed E-state index contributed by atoms with van der Waals surface area (Å²) in [6.07, 6.45) is 3.30. The fourth-order valence-electron chi connectivity index (χ4n) is 4.44. The number of nitrogens with one attached hydrogen (secondary N) is 4. The summed E-state index contributed by atoms with van der Waals surface area (Å²) in [6.45, 7) is 6.99. The molecule has 0 bridgehead atoms. The highest BCUT2D eigenvalue weighted by atomic mass is 32.2. The van der Waals surface area contributed by atoms with Crippen LogP contribution < -0.4 is 26.2 Å². The maximum Gasteiger partial charge on any atom is 0.334 e. The van der Waals surface area contributed by atoms with Gasteiger partial charge in [-0.05, 0) is 75.9 Å². The first-order valence-corrected chi connectivity index (χ1v) is 17.1. The van der Waals surface area contributed by atoms with Crippen molar-refractivity contribution in [2.24, 2.45) is 0 Å². The van der Waals surface area contributed by atoms with E-state index in [2.05, 4.69) is 40.1 Å². The van der Waals surface area contributed by atoms with Crippen LogP contribution in [-0.2, 0) is 20.0 Å². The molecule has 0 aliphatic heterocycles. The maximum atomic E-state index is 12.5. The van der Waals surface area contributed by atoms with Gasteiger partial charge >= 0.3 is 17.7 Å².